The molecular formula is C13H23N3. The molecule has 1 N–H and O–H groups in total. The molecule has 90 valence electrons. The lowest BCUT2D eigenvalue weighted by Crippen LogP contribution is -2.31. The zero-order valence-electron chi connectivity index (χ0n) is 10.6. The Kier molecular flexibility index (Phi) is 3.64. The fourth-order valence-electron chi connectivity index (χ4n) is 2.93. The first-order valence-corrected chi connectivity index (χ1v) is 6.52. The lowest BCUT2D eigenvalue weighted by Gasteiger charge is -2.20. The third-order valence-corrected chi connectivity index (χ3v) is 3.93. The maximum atomic E-state index is 4.38. The van der Waals surface area contributed by atoms with E-state index in [4.69, 9.17) is 0 Å². The van der Waals surface area contributed by atoms with Gasteiger partial charge in [0.25, 0.3) is 0 Å². The van der Waals surface area contributed by atoms with E-state index in [9.17, 15) is 0 Å². The van der Waals surface area contributed by atoms with Gasteiger partial charge in [0.15, 0.2) is 0 Å². The van der Waals surface area contributed by atoms with E-state index in [1.54, 1.807) is 0 Å². The van der Waals surface area contributed by atoms with Crippen molar-refractivity contribution < 1.29 is 0 Å². The molecule has 3 nitrogen and oxygen atoms in total. The van der Waals surface area contributed by atoms with Gasteiger partial charge in [-0.15, -0.1) is 0 Å². The van der Waals surface area contributed by atoms with Gasteiger partial charge in [0.1, 0.15) is 0 Å². The van der Waals surface area contributed by atoms with Crippen molar-refractivity contribution in [2.75, 3.05) is 6.54 Å². The summed E-state index contributed by atoms with van der Waals surface area (Å²) < 4.78 is 2.03. The van der Waals surface area contributed by atoms with Gasteiger partial charge in [0, 0.05) is 18.8 Å². The van der Waals surface area contributed by atoms with Gasteiger partial charge in [-0.05, 0) is 43.7 Å². The minimum Gasteiger partial charge on any atom is -0.314 e. The van der Waals surface area contributed by atoms with Gasteiger partial charge in [-0.3, -0.25) is 4.68 Å². The molecule has 2 rings (SSSR count). The SMILES string of the molecule is CCNC1CCC(c2cnn(CC)c2)C1C. The first-order chi connectivity index (χ1) is 7.76. The highest BCUT2D eigenvalue weighted by Crippen LogP contribution is 2.39. The standard InChI is InChI=1S/C13H23N3/c1-4-14-13-7-6-12(10(13)3)11-8-15-16(5-2)9-11/h8-10,12-14H,4-7H2,1-3H3. The topological polar surface area (TPSA) is 29.9 Å². The highest BCUT2D eigenvalue weighted by Gasteiger charge is 2.33. The van der Waals surface area contributed by atoms with Crippen LogP contribution in [-0.2, 0) is 6.54 Å². The van der Waals surface area contributed by atoms with Crippen LogP contribution >= 0.6 is 0 Å². The van der Waals surface area contributed by atoms with Crippen LogP contribution in [0.1, 0.15) is 45.1 Å². The van der Waals surface area contributed by atoms with Crippen molar-refractivity contribution in [2.24, 2.45) is 5.92 Å². The zero-order valence-corrected chi connectivity index (χ0v) is 10.6. The average Bonchev–Trinajstić information content (AvgIpc) is 2.87. The summed E-state index contributed by atoms with van der Waals surface area (Å²) >= 11 is 0. The summed E-state index contributed by atoms with van der Waals surface area (Å²) in [4.78, 5) is 0. The molecule has 0 aromatic carbocycles. The predicted molar refractivity (Wildman–Crippen MR) is 66.5 cm³/mol. The largest absolute Gasteiger partial charge is 0.314 e. The second-order valence-corrected chi connectivity index (χ2v) is 4.84. The molecule has 3 heteroatoms. The van der Waals surface area contributed by atoms with E-state index in [-0.39, 0.29) is 0 Å². The summed E-state index contributed by atoms with van der Waals surface area (Å²) in [5, 5.41) is 7.97. The molecule has 0 bridgehead atoms. The van der Waals surface area contributed by atoms with Crippen molar-refractivity contribution in [2.45, 2.75) is 52.1 Å². The van der Waals surface area contributed by atoms with Crippen LogP contribution in [0.3, 0.4) is 0 Å². The molecule has 1 aromatic rings. The molecule has 0 amide bonds. The summed E-state index contributed by atoms with van der Waals surface area (Å²) in [6.45, 7) is 8.74. The maximum Gasteiger partial charge on any atom is 0.0524 e. The molecule has 16 heavy (non-hydrogen) atoms. The Labute approximate surface area is 98.2 Å². The number of nitrogens with zero attached hydrogens (tertiary/aromatic N) is 2. The number of hydrogen-bond acceptors (Lipinski definition) is 2. The van der Waals surface area contributed by atoms with Gasteiger partial charge < -0.3 is 5.32 Å². The van der Waals surface area contributed by atoms with Gasteiger partial charge >= 0.3 is 0 Å². The van der Waals surface area contributed by atoms with Crippen LogP contribution in [0.2, 0.25) is 0 Å². The third-order valence-electron chi connectivity index (χ3n) is 3.93. The summed E-state index contributed by atoms with van der Waals surface area (Å²) in [6, 6.07) is 0.694. The van der Waals surface area contributed by atoms with Crippen molar-refractivity contribution >= 4 is 0 Å². The molecule has 1 aliphatic rings. The van der Waals surface area contributed by atoms with Crippen LogP contribution in [0.5, 0.6) is 0 Å². The molecule has 0 aliphatic heterocycles. The number of rotatable bonds is 4. The highest BCUT2D eigenvalue weighted by molar-refractivity contribution is 5.16. The summed E-state index contributed by atoms with van der Waals surface area (Å²) in [5.41, 5.74) is 1.43. The molecule has 3 unspecified atom stereocenters. The van der Waals surface area contributed by atoms with Crippen molar-refractivity contribution in [3.8, 4) is 0 Å². The fraction of sp³-hybridized carbons (Fsp3) is 0.769. The van der Waals surface area contributed by atoms with E-state index in [0.717, 1.165) is 19.0 Å². The lowest BCUT2D eigenvalue weighted by molar-refractivity contribution is 0.412. The maximum absolute atomic E-state index is 4.38. The first kappa shape index (κ1) is 11.6. The molecule has 0 saturated heterocycles. The fourth-order valence-corrected chi connectivity index (χ4v) is 2.93. The van der Waals surface area contributed by atoms with Gasteiger partial charge in [0.2, 0.25) is 0 Å². The minimum absolute atomic E-state index is 0.694. The average molecular weight is 221 g/mol. The lowest BCUT2D eigenvalue weighted by atomic mass is 9.91. The smallest absolute Gasteiger partial charge is 0.0524 e. The molecule has 1 heterocycles. The number of aryl methyl sites for hydroxylation is 1. The molecular weight excluding hydrogens is 198 g/mol. The van der Waals surface area contributed by atoms with E-state index in [1.807, 2.05) is 4.68 Å². The Balaban J connectivity index is 2.05. The molecule has 0 spiro atoms. The number of nitrogens with one attached hydrogen (secondary N) is 1. The van der Waals surface area contributed by atoms with E-state index >= 15 is 0 Å². The molecule has 0 radical (unpaired) electrons. The van der Waals surface area contributed by atoms with Crippen molar-refractivity contribution in [3.05, 3.63) is 18.0 Å². The Morgan fingerprint density at radius 2 is 2.25 bits per heavy atom. The minimum atomic E-state index is 0.694. The zero-order chi connectivity index (χ0) is 11.5. The van der Waals surface area contributed by atoms with Crippen LogP contribution in [0.25, 0.3) is 0 Å². The van der Waals surface area contributed by atoms with Crippen LogP contribution in [0.4, 0.5) is 0 Å². The number of aromatic nitrogens is 2. The van der Waals surface area contributed by atoms with Crippen LogP contribution < -0.4 is 5.32 Å². The normalized spacial score (nSPS) is 29.8. The Bertz CT molecular complexity index is 332. The third kappa shape index (κ3) is 2.14. The Hall–Kier alpha value is -0.830. The van der Waals surface area contributed by atoms with Crippen LogP contribution in [-0.4, -0.2) is 22.4 Å². The van der Waals surface area contributed by atoms with Gasteiger partial charge in [-0.2, -0.15) is 5.10 Å². The van der Waals surface area contributed by atoms with Crippen molar-refractivity contribution in [3.63, 3.8) is 0 Å². The second kappa shape index (κ2) is 5.00. The monoisotopic (exact) mass is 221 g/mol. The van der Waals surface area contributed by atoms with Gasteiger partial charge in [0.05, 0.1) is 6.20 Å². The predicted octanol–water partition coefficient (Wildman–Crippen LogP) is 2.39. The van der Waals surface area contributed by atoms with Crippen LogP contribution in [0.15, 0.2) is 12.4 Å². The molecule has 1 fully saturated rings. The molecule has 1 aromatic heterocycles. The van der Waals surface area contributed by atoms with E-state index in [0.29, 0.717) is 12.0 Å². The quantitative estimate of drug-likeness (QED) is 0.846. The Morgan fingerprint density at radius 1 is 1.44 bits per heavy atom. The molecule has 1 aliphatic carbocycles. The van der Waals surface area contributed by atoms with Crippen molar-refractivity contribution in [1.82, 2.24) is 15.1 Å². The summed E-state index contributed by atoms with van der Waals surface area (Å²) in [7, 11) is 0. The van der Waals surface area contributed by atoms with E-state index < -0.39 is 0 Å². The van der Waals surface area contributed by atoms with Gasteiger partial charge in [-0.25, -0.2) is 0 Å². The van der Waals surface area contributed by atoms with Crippen LogP contribution in [0, 0.1) is 5.92 Å². The number of hydrogen-bond donors (Lipinski definition) is 1. The summed E-state index contributed by atoms with van der Waals surface area (Å²) in [5.74, 6) is 1.43. The first-order valence-electron chi connectivity index (χ1n) is 6.52. The van der Waals surface area contributed by atoms with Gasteiger partial charge in [-0.1, -0.05) is 13.8 Å². The Morgan fingerprint density at radius 3 is 2.88 bits per heavy atom. The molecule has 3 atom stereocenters. The molecule has 1 saturated carbocycles. The van der Waals surface area contributed by atoms with Crippen molar-refractivity contribution in [1.29, 1.82) is 0 Å². The summed E-state index contributed by atoms with van der Waals surface area (Å²) in [6.07, 6.45) is 6.87. The highest BCUT2D eigenvalue weighted by atomic mass is 15.3. The van der Waals surface area contributed by atoms with E-state index in [2.05, 4.69) is 43.6 Å². The second-order valence-electron chi connectivity index (χ2n) is 4.84. The van der Waals surface area contributed by atoms with E-state index in [1.165, 1.54) is 18.4 Å².